The number of nitrogens with two attached hydrogens (primary N) is 1. The molecule has 1 heterocycles. The SMILES string of the molecule is CC1CN(C2(CN)CCCc3ccccc32)CCS1. The molecular weight excluding hydrogens is 252 g/mol. The Balaban J connectivity index is 1.99. The molecule has 2 unspecified atom stereocenters. The lowest BCUT2D eigenvalue weighted by molar-refractivity contribution is 0.0788. The molecule has 0 saturated carbocycles. The van der Waals surface area contributed by atoms with E-state index in [9.17, 15) is 0 Å². The van der Waals surface area contributed by atoms with Crippen LogP contribution in [0.2, 0.25) is 0 Å². The Morgan fingerprint density at radius 1 is 1.42 bits per heavy atom. The van der Waals surface area contributed by atoms with E-state index in [-0.39, 0.29) is 5.54 Å². The highest BCUT2D eigenvalue weighted by Crippen LogP contribution is 2.41. The molecular formula is C16H24N2S. The predicted octanol–water partition coefficient (Wildman–Crippen LogP) is 2.61. The van der Waals surface area contributed by atoms with E-state index in [0.717, 1.165) is 11.8 Å². The summed E-state index contributed by atoms with van der Waals surface area (Å²) in [4.78, 5) is 2.67. The minimum atomic E-state index is 0.101. The van der Waals surface area contributed by atoms with Gasteiger partial charge in [0.2, 0.25) is 0 Å². The highest BCUT2D eigenvalue weighted by molar-refractivity contribution is 7.99. The van der Waals surface area contributed by atoms with E-state index in [0.29, 0.717) is 0 Å². The zero-order valence-electron chi connectivity index (χ0n) is 11.8. The number of thioether (sulfide) groups is 1. The van der Waals surface area contributed by atoms with Crippen molar-refractivity contribution in [2.24, 2.45) is 5.73 Å². The Bertz CT molecular complexity index is 448. The van der Waals surface area contributed by atoms with Crippen LogP contribution >= 0.6 is 11.8 Å². The highest BCUT2D eigenvalue weighted by atomic mass is 32.2. The molecule has 0 amide bonds. The number of hydrogen-bond acceptors (Lipinski definition) is 3. The number of benzene rings is 1. The van der Waals surface area contributed by atoms with E-state index in [1.165, 1.54) is 49.2 Å². The van der Waals surface area contributed by atoms with Crippen LogP contribution in [0, 0.1) is 0 Å². The van der Waals surface area contributed by atoms with Gasteiger partial charge in [0.05, 0.1) is 5.54 Å². The topological polar surface area (TPSA) is 29.3 Å². The predicted molar refractivity (Wildman–Crippen MR) is 83.6 cm³/mol. The molecule has 0 radical (unpaired) electrons. The van der Waals surface area contributed by atoms with Gasteiger partial charge in [0.25, 0.3) is 0 Å². The molecule has 3 heteroatoms. The summed E-state index contributed by atoms with van der Waals surface area (Å²) in [5.74, 6) is 1.24. The first-order valence-electron chi connectivity index (χ1n) is 7.41. The zero-order chi connectivity index (χ0) is 13.3. The van der Waals surface area contributed by atoms with Crippen molar-refractivity contribution in [3.05, 3.63) is 35.4 Å². The minimum Gasteiger partial charge on any atom is -0.328 e. The average Bonchev–Trinajstić information content (AvgIpc) is 2.46. The highest BCUT2D eigenvalue weighted by Gasteiger charge is 2.41. The number of aryl methyl sites for hydroxylation is 1. The Kier molecular flexibility index (Phi) is 3.88. The molecule has 3 rings (SSSR count). The van der Waals surface area contributed by atoms with Crippen LogP contribution in [0.1, 0.15) is 30.9 Å². The van der Waals surface area contributed by atoms with Gasteiger partial charge in [0, 0.05) is 30.6 Å². The molecule has 1 aliphatic carbocycles. The largest absolute Gasteiger partial charge is 0.328 e. The van der Waals surface area contributed by atoms with Crippen molar-refractivity contribution in [2.45, 2.75) is 37.0 Å². The van der Waals surface area contributed by atoms with Gasteiger partial charge < -0.3 is 5.73 Å². The van der Waals surface area contributed by atoms with Crippen LogP contribution in [0.5, 0.6) is 0 Å². The molecule has 1 saturated heterocycles. The van der Waals surface area contributed by atoms with E-state index in [1.54, 1.807) is 0 Å². The first kappa shape index (κ1) is 13.5. The van der Waals surface area contributed by atoms with Gasteiger partial charge in [-0.25, -0.2) is 0 Å². The monoisotopic (exact) mass is 276 g/mol. The molecule has 19 heavy (non-hydrogen) atoms. The van der Waals surface area contributed by atoms with Gasteiger partial charge in [-0.05, 0) is 30.4 Å². The van der Waals surface area contributed by atoms with Crippen molar-refractivity contribution < 1.29 is 0 Å². The van der Waals surface area contributed by atoms with Crippen LogP contribution < -0.4 is 5.73 Å². The fourth-order valence-electron chi connectivity index (χ4n) is 3.78. The van der Waals surface area contributed by atoms with Gasteiger partial charge in [-0.15, -0.1) is 0 Å². The summed E-state index contributed by atoms with van der Waals surface area (Å²) in [6.45, 7) is 5.45. The van der Waals surface area contributed by atoms with E-state index < -0.39 is 0 Å². The maximum Gasteiger partial charge on any atom is 0.0587 e. The first-order chi connectivity index (χ1) is 9.26. The van der Waals surface area contributed by atoms with Crippen LogP contribution in [0.4, 0.5) is 0 Å². The lowest BCUT2D eigenvalue weighted by Gasteiger charge is -2.49. The van der Waals surface area contributed by atoms with Gasteiger partial charge >= 0.3 is 0 Å². The van der Waals surface area contributed by atoms with Gasteiger partial charge in [0.1, 0.15) is 0 Å². The second kappa shape index (κ2) is 5.47. The summed E-state index contributed by atoms with van der Waals surface area (Å²) in [6.07, 6.45) is 3.71. The summed E-state index contributed by atoms with van der Waals surface area (Å²) in [6, 6.07) is 8.95. The van der Waals surface area contributed by atoms with Crippen molar-refractivity contribution in [3.63, 3.8) is 0 Å². The molecule has 0 bridgehead atoms. The second-order valence-electron chi connectivity index (χ2n) is 5.87. The van der Waals surface area contributed by atoms with Gasteiger partial charge in [-0.3, -0.25) is 4.90 Å². The third-order valence-corrected chi connectivity index (χ3v) is 5.88. The van der Waals surface area contributed by atoms with Crippen molar-refractivity contribution in [3.8, 4) is 0 Å². The summed E-state index contributed by atoms with van der Waals surface area (Å²) in [5, 5.41) is 0.728. The average molecular weight is 276 g/mol. The Hall–Kier alpha value is -0.510. The van der Waals surface area contributed by atoms with Gasteiger partial charge in [-0.2, -0.15) is 11.8 Å². The summed E-state index contributed by atoms with van der Waals surface area (Å²) in [5.41, 5.74) is 9.40. The molecule has 0 spiro atoms. The van der Waals surface area contributed by atoms with Crippen molar-refractivity contribution in [1.82, 2.24) is 4.90 Å². The minimum absolute atomic E-state index is 0.101. The van der Waals surface area contributed by atoms with Crippen molar-refractivity contribution in [1.29, 1.82) is 0 Å². The molecule has 2 nitrogen and oxygen atoms in total. The molecule has 2 atom stereocenters. The second-order valence-corrected chi connectivity index (χ2v) is 7.42. The fourth-order valence-corrected chi connectivity index (χ4v) is 4.79. The Morgan fingerprint density at radius 2 is 2.26 bits per heavy atom. The fraction of sp³-hybridized carbons (Fsp3) is 0.625. The maximum absolute atomic E-state index is 6.28. The molecule has 0 aromatic heterocycles. The summed E-state index contributed by atoms with van der Waals surface area (Å²) < 4.78 is 0. The Morgan fingerprint density at radius 3 is 3.05 bits per heavy atom. The van der Waals surface area contributed by atoms with Crippen LogP contribution in [-0.4, -0.2) is 35.5 Å². The molecule has 2 N–H and O–H groups in total. The van der Waals surface area contributed by atoms with Crippen molar-refractivity contribution >= 4 is 11.8 Å². The normalized spacial score (nSPS) is 32.0. The number of rotatable bonds is 2. The standard InChI is InChI=1S/C16H24N2S/c1-13-11-18(9-10-19-13)16(12-17)8-4-6-14-5-2-3-7-15(14)16/h2-3,5,7,13H,4,6,8-12,17H2,1H3. The number of nitrogens with zero attached hydrogens (tertiary/aromatic N) is 1. The number of fused-ring (bicyclic) bond motifs is 1. The van der Waals surface area contributed by atoms with Gasteiger partial charge in [0.15, 0.2) is 0 Å². The lowest BCUT2D eigenvalue weighted by Crippen LogP contribution is -2.56. The van der Waals surface area contributed by atoms with E-state index in [2.05, 4.69) is 47.9 Å². The van der Waals surface area contributed by atoms with E-state index >= 15 is 0 Å². The van der Waals surface area contributed by atoms with E-state index in [4.69, 9.17) is 5.73 Å². The molecule has 1 aromatic carbocycles. The zero-order valence-corrected chi connectivity index (χ0v) is 12.6. The molecule has 2 aliphatic rings. The summed E-state index contributed by atoms with van der Waals surface area (Å²) >= 11 is 2.09. The number of hydrogen-bond donors (Lipinski definition) is 1. The van der Waals surface area contributed by atoms with Crippen LogP contribution in [0.3, 0.4) is 0 Å². The van der Waals surface area contributed by atoms with Crippen LogP contribution in [0.15, 0.2) is 24.3 Å². The van der Waals surface area contributed by atoms with Gasteiger partial charge in [-0.1, -0.05) is 31.2 Å². The maximum atomic E-state index is 6.28. The third kappa shape index (κ3) is 2.32. The van der Waals surface area contributed by atoms with Crippen molar-refractivity contribution in [2.75, 3.05) is 25.4 Å². The smallest absolute Gasteiger partial charge is 0.0587 e. The molecule has 1 aromatic rings. The Labute approximate surface area is 120 Å². The quantitative estimate of drug-likeness (QED) is 0.900. The lowest BCUT2D eigenvalue weighted by atomic mass is 9.75. The molecule has 104 valence electrons. The van der Waals surface area contributed by atoms with Crippen LogP contribution in [-0.2, 0) is 12.0 Å². The molecule has 1 fully saturated rings. The van der Waals surface area contributed by atoms with Crippen LogP contribution in [0.25, 0.3) is 0 Å². The van der Waals surface area contributed by atoms with E-state index in [1.807, 2.05) is 0 Å². The summed E-state index contributed by atoms with van der Waals surface area (Å²) in [7, 11) is 0. The molecule has 1 aliphatic heterocycles. The first-order valence-corrected chi connectivity index (χ1v) is 8.46. The third-order valence-electron chi connectivity index (χ3n) is 4.74.